The first-order chi connectivity index (χ1) is 7.11. The fraction of sp³-hybridized carbons (Fsp3) is 0.286. The van der Waals surface area contributed by atoms with Crippen LogP contribution in [0.3, 0.4) is 0 Å². The average molecular weight is 211 g/mol. The molecule has 1 heterocycles. The van der Waals surface area contributed by atoms with E-state index in [9.17, 15) is 4.79 Å². The number of hydrogen-bond donors (Lipinski definition) is 5. The Morgan fingerprint density at radius 3 is 2.67 bits per heavy atom. The summed E-state index contributed by atoms with van der Waals surface area (Å²) >= 11 is 0. The molecule has 0 unspecified atom stereocenters. The van der Waals surface area contributed by atoms with E-state index in [1.54, 1.807) is 6.07 Å². The van der Waals surface area contributed by atoms with Gasteiger partial charge >= 0.3 is 0 Å². The number of nitrogens with zero attached hydrogens (tertiary/aromatic N) is 2. The number of primary amides is 1. The van der Waals surface area contributed by atoms with E-state index in [0.29, 0.717) is 18.2 Å². The van der Waals surface area contributed by atoms with Gasteiger partial charge in [0.05, 0.1) is 0 Å². The predicted molar refractivity (Wildman–Crippen MR) is 56.6 cm³/mol. The number of carbonyl (C=O) groups excluding carboxylic acids is 1. The third kappa shape index (κ3) is 3.65. The highest BCUT2D eigenvalue weighted by Gasteiger charge is 2.01. The van der Waals surface area contributed by atoms with Gasteiger partial charge in [0, 0.05) is 19.0 Å². The molecule has 0 bridgehead atoms. The van der Waals surface area contributed by atoms with Gasteiger partial charge in [0.25, 0.3) is 0 Å². The van der Waals surface area contributed by atoms with E-state index in [2.05, 4.69) is 20.7 Å². The zero-order valence-corrected chi connectivity index (χ0v) is 8.03. The second-order valence-corrected chi connectivity index (χ2v) is 2.78. The molecule has 0 atom stereocenters. The van der Waals surface area contributed by atoms with E-state index in [1.165, 1.54) is 0 Å². The zero-order chi connectivity index (χ0) is 11.3. The van der Waals surface area contributed by atoms with Crippen molar-refractivity contribution in [3.05, 3.63) is 6.07 Å². The lowest BCUT2D eigenvalue weighted by molar-refractivity contribution is -0.117. The third-order valence-corrected chi connectivity index (χ3v) is 1.57. The van der Waals surface area contributed by atoms with Gasteiger partial charge in [-0.25, -0.2) is 5.84 Å². The maximum Gasteiger partial charge on any atom is 0.223 e. The molecule has 0 aliphatic rings. The first-order valence-corrected chi connectivity index (χ1v) is 4.25. The van der Waals surface area contributed by atoms with Crippen LogP contribution in [0.15, 0.2) is 6.07 Å². The van der Waals surface area contributed by atoms with Crippen molar-refractivity contribution in [2.45, 2.75) is 6.42 Å². The molecule has 82 valence electrons. The van der Waals surface area contributed by atoms with Gasteiger partial charge in [-0.2, -0.15) is 9.97 Å². The molecule has 1 aromatic rings. The van der Waals surface area contributed by atoms with Crippen LogP contribution in [0.4, 0.5) is 17.6 Å². The van der Waals surface area contributed by atoms with Crippen LogP contribution in [-0.4, -0.2) is 22.4 Å². The van der Waals surface area contributed by atoms with E-state index in [0.717, 1.165) is 0 Å². The lowest BCUT2D eigenvalue weighted by Crippen LogP contribution is -2.17. The molecule has 1 amide bonds. The van der Waals surface area contributed by atoms with Crippen molar-refractivity contribution in [2.75, 3.05) is 23.0 Å². The van der Waals surface area contributed by atoms with Crippen molar-refractivity contribution in [3.8, 4) is 0 Å². The second kappa shape index (κ2) is 4.96. The average Bonchev–Trinajstić information content (AvgIpc) is 2.16. The molecule has 0 spiro atoms. The largest absolute Gasteiger partial charge is 0.370 e. The van der Waals surface area contributed by atoms with Crippen LogP contribution in [0.1, 0.15) is 6.42 Å². The standard InChI is InChI=1S/C7H13N7O/c8-4(15)1-2-11-5-3-6(14-10)13-7(9)12-5/h3H,1-2,10H2,(H2,8,15)(H4,9,11,12,13,14). The number of carbonyl (C=O) groups is 1. The fourth-order valence-corrected chi connectivity index (χ4v) is 0.944. The molecule has 1 aromatic heterocycles. The maximum atomic E-state index is 10.5. The van der Waals surface area contributed by atoms with Crippen molar-refractivity contribution in [3.63, 3.8) is 0 Å². The van der Waals surface area contributed by atoms with Crippen molar-refractivity contribution in [1.29, 1.82) is 0 Å². The normalized spacial score (nSPS) is 9.67. The third-order valence-electron chi connectivity index (χ3n) is 1.57. The highest BCUT2D eigenvalue weighted by Crippen LogP contribution is 2.10. The van der Waals surface area contributed by atoms with Crippen LogP contribution < -0.4 is 28.1 Å². The van der Waals surface area contributed by atoms with Gasteiger partial charge < -0.3 is 22.2 Å². The molecular weight excluding hydrogens is 198 g/mol. The molecule has 8 N–H and O–H groups in total. The van der Waals surface area contributed by atoms with Crippen molar-refractivity contribution >= 4 is 23.5 Å². The van der Waals surface area contributed by atoms with Crippen LogP contribution >= 0.6 is 0 Å². The first-order valence-electron chi connectivity index (χ1n) is 4.25. The van der Waals surface area contributed by atoms with Crippen LogP contribution in [0.2, 0.25) is 0 Å². The van der Waals surface area contributed by atoms with Crippen molar-refractivity contribution in [2.24, 2.45) is 11.6 Å². The number of nitrogen functional groups attached to an aromatic ring is 2. The molecule has 8 nitrogen and oxygen atoms in total. The Kier molecular flexibility index (Phi) is 3.63. The van der Waals surface area contributed by atoms with Crippen molar-refractivity contribution in [1.82, 2.24) is 9.97 Å². The van der Waals surface area contributed by atoms with E-state index in [-0.39, 0.29) is 18.3 Å². The Labute approximate surface area is 86.2 Å². The van der Waals surface area contributed by atoms with Crippen LogP contribution in [0.5, 0.6) is 0 Å². The molecule has 8 heteroatoms. The predicted octanol–water partition coefficient (Wildman–Crippen LogP) is -1.37. The van der Waals surface area contributed by atoms with Gasteiger partial charge in [-0.3, -0.25) is 4.79 Å². The lowest BCUT2D eigenvalue weighted by atomic mass is 10.4. The van der Waals surface area contributed by atoms with E-state index in [1.807, 2.05) is 0 Å². The molecule has 0 saturated heterocycles. The monoisotopic (exact) mass is 211 g/mol. The summed E-state index contributed by atoms with van der Waals surface area (Å²) in [4.78, 5) is 18.2. The number of nitrogens with two attached hydrogens (primary N) is 3. The molecule has 0 fully saturated rings. The lowest BCUT2D eigenvalue weighted by Gasteiger charge is -2.06. The number of aromatic nitrogens is 2. The maximum absolute atomic E-state index is 10.5. The number of amides is 1. The van der Waals surface area contributed by atoms with Gasteiger partial charge in [-0.1, -0.05) is 0 Å². The Balaban J connectivity index is 2.60. The number of nitrogens with one attached hydrogen (secondary N) is 2. The number of hydrogen-bond acceptors (Lipinski definition) is 7. The summed E-state index contributed by atoms with van der Waals surface area (Å²) in [6.07, 6.45) is 0.218. The summed E-state index contributed by atoms with van der Waals surface area (Å²) in [5, 5.41) is 2.86. The summed E-state index contributed by atoms with van der Waals surface area (Å²) < 4.78 is 0. The smallest absolute Gasteiger partial charge is 0.223 e. The minimum atomic E-state index is -0.387. The molecule has 0 aliphatic heterocycles. The molecule has 0 aliphatic carbocycles. The Morgan fingerprint density at radius 2 is 2.07 bits per heavy atom. The summed E-state index contributed by atoms with van der Waals surface area (Å²) in [6, 6.07) is 1.57. The summed E-state index contributed by atoms with van der Waals surface area (Å²) in [5.74, 6) is 5.75. The molecule has 1 rings (SSSR count). The summed E-state index contributed by atoms with van der Waals surface area (Å²) in [7, 11) is 0. The van der Waals surface area contributed by atoms with Crippen LogP contribution in [-0.2, 0) is 4.79 Å². The molecule has 0 saturated carbocycles. The highest BCUT2D eigenvalue weighted by atomic mass is 16.1. The second-order valence-electron chi connectivity index (χ2n) is 2.78. The Morgan fingerprint density at radius 1 is 1.40 bits per heavy atom. The van der Waals surface area contributed by atoms with Gasteiger partial charge in [0.2, 0.25) is 11.9 Å². The van der Waals surface area contributed by atoms with Crippen molar-refractivity contribution < 1.29 is 4.79 Å². The quantitative estimate of drug-likeness (QED) is 0.298. The molecule has 15 heavy (non-hydrogen) atoms. The van der Waals surface area contributed by atoms with Gasteiger partial charge in [0.1, 0.15) is 11.6 Å². The zero-order valence-electron chi connectivity index (χ0n) is 8.03. The minimum absolute atomic E-state index is 0.0898. The van der Waals surface area contributed by atoms with E-state index >= 15 is 0 Å². The minimum Gasteiger partial charge on any atom is -0.370 e. The van der Waals surface area contributed by atoms with Gasteiger partial charge in [0.15, 0.2) is 0 Å². The number of rotatable bonds is 5. The van der Waals surface area contributed by atoms with Gasteiger partial charge in [-0.15, -0.1) is 0 Å². The molecule has 0 aromatic carbocycles. The van der Waals surface area contributed by atoms with E-state index in [4.69, 9.17) is 17.3 Å². The Hall–Kier alpha value is -2.09. The topological polar surface area (TPSA) is 145 Å². The SMILES string of the molecule is NNc1cc(NCCC(N)=O)nc(N)n1. The highest BCUT2D eigenvalue weighted by molar-refractivity contribution is 5.74. The fourth-order valence-electron chi connectivity index (χ4n) is 0.944. The number of hydrazine groups is 1. The van der Waals surface area contributed by atoms with Crippen LogP contribution in [0.25, 0.3) is 0 Å². The van der Waals surface area contributed by atoms with Gasteiger partial charge in [-0.05, 0) is 0 Å². The molecular formula is C7H13N7O. The molecule has 0 radical (unpaired) electrons. The van der Waals surface area contributed by atoms with E-state index < -0.39 is 0 Å². The van der Waals surface area contributed by atoms with Crippen LogP contribution in [0, 0.1) is 0 Å². The summed E-state index contributed by atoms with van der Waals surface area (Å²) in [6.45, 7) is 0.385. The number of anilines is 3. The summed E-state index contributed by atoms with van der Waals surface area (Å²) in [5.41, 5.74) is 12.7. The Bertz CT molecular complexity index is 353. The first kappa shape index (κ1) is 11.0.